The van der Waals surface area contributed by atoms with Crippen LogP contribution in [0.25, 0.3) is 16.7 Å². The first-order valence-electron chi connectivity index (χ1n) is 10.7. The third kappa shape index (κ3) is 4.53. The molecule has 1 aliphatic heterocycles. The van der Waals surface area contributed by atoms with Crippen molar-refractivity contribution in [3.8, 4) is 11.4 Å². The summed E-state index contributed by atoms with van der Waals surface area (Å²) in [5, 5.41) is 0. The third-order valence-electron chi connectivity index (χ3n) is 5.65. The van der Waals surface area contributed by atoms with Gasteiger partial charge in [0.2, 0.25) is 0 Å². The predicted molar refractivity (Wildman–Crippen MR) is 120 cm³/mol. The standard InChI is InChI=1S/C25H23FN4O2/c26-19-5-3-18(4-6-19)17-32-22-9-12-30(25(31)14-22)21-7-8-23-24(13-21)27-15-20(28-23)16-29-10-1-2-11-29/h3-9,12-15H,1-2,10-11,16-17H2. The average molecular weight is 430 g/mol. The van der Waals surface area contributed by atoms with Crippen LogP contribution >= 0.6 is 0 Å². The zero-order valence-corrected chi connectivity index (χ0v) is 17.6. The second-order valence-electron chi connectivity index (χ2n) is 8.00. The molecular formula is C25H23FN4O2. The zero-order chi connectivity index (χ0) is 21.9. The molecule has 1 aliphatic rings. The summed E-state index contributed by atoms with van der Waals surface area (Å²) < 4.78 is 20.2. The van der Waals surface area contributed by atoms with E-state index in [4.69, 9.17) is 9.72 Å². The second kappa shape index (κ2) is 8.88. The number of halogens is 1. The highest BCUT2D eigenvalue weighted by molar-refractivity contribution is 5.76. The summed E-state index contributed by atoms with van der Waals surface area (Å²) in [7, 11) is 0. The molecule has 0 N–H and O–H groups in total. The summed E-state index contributed by atoms with van der Waals surface area (Å²) in [5.41, 5.74) is 3.86. The van der Waals surface area contributed by atoms with Crippen LogP contribution < -0.4 is 10.3 Å². The number of pyridine rings is 1. The molecule has 7 heteroatoms. The molecule has 6 nitrogen and oxygen atoms in total. The lowest BCUT2D eigenvalue weighted by atomic mass is 10.2. The number of hydrogen-bond donors (Lipinski definition) is 0. The first-order valence-corrected chi connectivity index (χ1v) is 10.7. The number of nitrogens with zero attached hydrogens (tertiary/aromatic N) is 4. The van der Waals surface area contributed by atoms with Crippen LogP contribution in [0.1, 0.15) is 24.1 Å². The van der Waals surface area contributed by atoms with Gasteiger partial charge in [-0.2, -0.15) is 0 Å². The van der Waals surface area contributed by atoms with Crippen molar-refractivity contribution in [3.05, 3.63) is 94.4 Å². The van der Waals surface area contributed by atoms with Crippen molar-refractivity contribution in [2.24, 2.45) is 0 Å². The monoisotopic (exact) mass is 430 g/mol. The maximum absolute atomic E-state index is 13.0. The fourth-order valence-corrected chi connectivity index (χ4v) is 3.94. The molecule has 3 heterocycles. The quantitative estimate of drug-likeness (QED) is 0.461. The van der Waals surface area contributed by atoms with Gasteiger partial charge in [-0.05, 0) is 67.9 Å². The largest absolute Gasteiger partial charge is 0.489 e. The number of benzene rings is 2. The fraction of sp³-hybridized carbons (Fsp3) is 0.240. The van der Waals surface area contributed by atoms with Gasteiger partial charge in [0.25, 0.3) is 5.56 Å². The van der Waals surface area contributed by atoms with Gasteiger partial charge in [0.05, 0.1) is 28.6 Å². The van der Waals surface area contributed by atoms with Crippen molar-refractivity contribution in [1.82, 2.24) is 19.4 Å². The lowest BCUT2D eigenvalue weighted by Gasteiger charge is -2.14. The Bertz CT molecular complexity index is 1300. The van der Waals surface area contributed by atoms with Crippen molar-refractivity contribution in [3.63, 3.8) is 0 Å². The Kier molecular flexibility index (Phi) is 5.64. The normalized spacial score (nSPS) is 14.2. The maximum atomic E-state index is 13.0. The molecule has 5 rings (SSSR count). The van der Waals surface area contributed by atoms with Crippen molar-refractivity contribution in [2.45, 2.75) is 26.0 Å². The van der Waals surface area contributed by atoms with Gasteiger partial charge in [0.15, 0.2) is 0 Å². The number of rotatable bonds is 6. The first-order chi connectivity index (χ1) is 15.6. The number of likely N-dealkylation sites (tertiary alicyclic amines) is 1. The van der Waals surface area contributed by atoms with Gasteiger partial charge >= 0.3 is 0 Å². The molecule has 1 fully saturated rings. The van der Waals surface area contributed by atoms with Gasteiger partial charge in [0, 0.05) is 18.8 Å². The number of hydrogen-bond acceptors (Lipinski definition) is 5. The fourth-order valence-electron chi connectivity index (χ4n) is 3.94. The summed E-state index contributed by atoms with van der Waals surface area (Å²) in [4.78, 5) is 24.4. The van der Waals surface area contributed by atoms with Crippen molar-refractivity contribution in [1.29, 1.82) is 0 Å². The first kappa shape index (κ1) is 20.3. The summed E-state index contributed by atoms with van der Waals surface area (Å²) in [6, 6.07) is 14.9. The van der Waals surface area contributed by atoms with Gasteiger partial charge < -0.3 is 4.74 Å². The summed E-state index contributed by atoms with van der Waals surface area (Å²) >= 11 is 0. The summed E-state index contributed by atoms with van der Waals surface area (Å²) in [6.07, 6.45) is 5.99. The Hall–Kier alpha value is -3.58. The van der Waals surface area contributed by atoms with Gasteiger partial charge in [0.1, 0.15) is 18.2 Å². The smallest absolute Gasteiger partial charge is 0.258 e. The SMILES string of the molecule is O=c1cc(OCc2ccc(F)cc2)ccn1-c1ccc2nc(CN3CCCC3)cnc2c1. The number of ether oxygens (including phenoxy) is 1. The molecule has 2 aromatic carbocycles. The van der Waals surface area contributed by atoms with Crippen LogP contribution in [0.2, 0.25) is 0 Å². The minimum absolute atomic E-state index is 0.209. The van der Waals surface area contributed by atoms with E-state index in [-0.39, 0.29) is 18.0 Å². The Morgan fingerprint density at radius 2 is 1.78 bits per heavy atom. The summed E-state index contributed by atoms with van der Waals surface area (Å²) in [5.74, 6) is 0.168. The third-order valence-corrected chi connectivity index (χ3v) is 5.65. The minimum Gasteiger partial charge on any atom is -0.489 e. The minimum atomic E-state index is -0.292. The van der Waals surface area contributed by atoms with Crippen molar-refractivity contribution >= 4 is 11.0 Å². The van der Waals surface area contributed by atoms with E-state index in [2.05, 4.69) is 9.88 Å². The van der Waals surface area contributed by atoms with Gasteiger partial charge in [-0.15, -0.1) is 0 Å². The van der Waals surface area contributed by atoms with E-state index in [1.807, 2.05) is 24.4 Å². The molecule has 1 saturated heterocycles. The molecule has 0 radical (unpaired) electrons. The molecule has 0 amide bonds. The Morgan fingerprint density at radius 3 is 2.56 bits per heavy atom. The highest BCUT2D eigenvalue weighted by Crippen LogP contribution is 2.18. The molecule has 0 saturated carbocycles. The van der Waals surface area contributed by atoms with Gasteiger partial charge in [-0.25, -0.2) is 9.37 Å². The molecule has 4 aromatic rings. The van der Waals surface area contributed by atoms with E-state index in [1.165, 1.54) is 31.0 Å². The molecule has 0 atom stereocenters. The van der Waals surface area contributed by atoms with Gasteiger partial charge in [-0.3, -0.25) is 19.2 Å². The van der Waals surface area contributed by atoms with E-state index in [9.17, 15) is 9.18 Å². The van der Waals surface area contributed by atoms with Crippen LogP contribution in [0.3, 0.4) is 0 Å². The highest BCUT2D eigenvalue weighted by Gasteiger charge is 2.13. The second-order valence-corrected chi connectivity index (χ2v) is 8.00. The lowest BCUT2D eigenvalue weighted by molar-refractivity contribution is 0.305. The lowest BCUT2D eigenvalue weighted by Crippen LogP contribution is -2.19. The van der Waals surface area contributed by atoms with Crippen LogP contribution in [-0.2, 0) is 13.2 Å². The van der Waals surface area contributed by atoms with E-state index in [1.54, 1.807) is 29.0 Å². The average Bonchev–Trinajstić information content (AvgIpc) is 3.31. The highest BCUT2D eigenvalue weighted by atomic mass is 19.1. The predicted octanol–water partition coefficient (Wildman–Crippen LogP) is 4.09. The Labute approximate surface area is 184 Å². The van der Waals surface area contributed by atoms with Gasteiger partial charge in [-0.1, -0.05) is 12.1 Å². The van der Waals surface area contributed by atoms with E-state index in [0.29, 0.717) is 11.4 Å². The van der Waals surface area contributed by atoms with E-state index in [0.717, 1.165) is 41.9 Å². The van der Waals surface area contributed by atoms with Crippen molar-refractivity contribution in [2.75, 3.05) is 13.1 Å². The number of aromatic nitrogens is 3. The molecule has 0 spiro atoms. The van der Waals surface area contributed by atoms with Crippen LogP contribution in [0.5, 0.6) is 5.75 Å². The van der Waals surface area contributed by atoms with Crippen LogP contribution in [0, 0.1) is 5.82 Å². The molecule has 32 heavy (non-hydrogen) atoms. The Balaban J connectivity index is 1.32. The molecule has 2 aromatic heterocycles. The molecule has 162 valence electrons. The van der Waals surface area contributed by atoms with E-state index < -0.39 is 0 Å². The topological polar surface area (TPSA) is 60.3 Å². The van der Waals surface area contributed by atoms with Crippen LogP contribution in [-0.4, -0.2) is 32.5 Å². The molecule has 0 aliphatic carbocycles. The molecule has 0 bridgehead atoms. The van der Waals surface area contributed by atoms with Crippen molar-refractivity contribution < 1.29 is 9.13 Å². The summed E-state index contributed by atoms with van der Waals surface area (Å²) in [6.45, 7) is 3.31. The molecular weight excluding hydrogens is 407 g/mol. The number of fused-ring (bicyclic) bond motifs is 1. The van der Waals surface area contributed by atoms with E-state index >= 15 is 0 Å². The Morgan fingerprint density at radius 1 is 0.969 bits per heavy atom. The van der Waals surface area contributed by atoms with Crippen LogP contribution in [0.4, 0.5) is 4.39 Å². The molecule has 0 unspecified atom stereocenters. The zero-order valence-electron chi connectivity index (χ0n) is 17.6. The van der Waals surface area contributed by atoms with Crippen LogP contribution in [0.15, 0.2) is 71.8 Å². The maximum Gasteiger partial charge on any atom is 0.258 e.